The Hall–Kier alpha value is -2.63. The van der Waals surface area contributed by atoms with Crippen molar-refractivity contribution in [2.45, 2.75) is 26.8 Å². The van der Waals surface area contributed by atoms with Crippen LogP contribution in [0.2, 0.25) is 0 Å². The number of para-hydroxylation sites is 1. The normalized spacial score (nSPS) is 13.7. The van der Waals surface area contributed by atoms with Gasteiger partial charge in [-0.3, -0.25) is 14.4 Å². The van der Waals surface area contributed by atoms with E-state index < -0.39 is 23.8 Å². The number of aromatic amines is 1. The molecule has 1 aromatic carbocycles. The number of hydrogen-bond acceptors (Lipinski definition) is 3. The Morgan fingerprint density at radius 2 is 1.83 bits per heavy atom. The molecule has 122 valence electrons. The van der Waals surface area contributed by atoms with Gasteiger partial charge in [0.15, 0.2) is 0 Å². The highest BCUT2D eigenvalue weighted by Crippen LogP contribution is 2.18. The number of aromatic nitrogens is 1. The second kappa shape index (κ2) is 6.64. The molecule has 2 rings (SSSR count). The zero-order valence-corrected chi connectivity index (χ0v) is 13.3. The maximum atomic E-state index is 12.5. The molecular weight excluding hydrogens is 296 g/mol. The van der Waals surface area contributed by atoms with Crippen molar-refractivity contribution in [3.05, 3.63) is 46.2 Å². The number of benzene rings is 1. The van der Waals surface area contributed by atoms with Gasteiger partial charge < -0.3 is 15.4 Å². The van der Waals surface area contributed by atoms with Crippen LogP contribution in [-0.2, 0) is 4.79 Å². The van der Waals surface area contributed by atoms with E-state index in [1.165, 1.54) is 6.07 Å². The number of fused-ring (bicyclic) bond motifs is 1. The minimum Gasteiger partial charge on any atom is -0.481 e. The first kappa shape index (κ1) is 16.7. The molecule has 2 atom stereocenters. The minimum atomic E-state index is -0.955. The van der Waals surface area contributed by atoms with Crippen molar-refractivity contribution in [3.8, 4) is 0 Å². The van der Waals surface area contributed by atoms with E-state index in [0.29, 0.717) is 10.9 Å². The minimum absolute atomic E-state index is 0.126. The summed E-state index contributed by atoms with van der Waals surface area (Å²) in [5.41, 5.74) is 0.431. The van der Waals surface area contributed by atoms with Crippen LogP contribution in [0.15, 0.2) is 35.1 Å². The molecule has 6 heteroatoms. The van der Waals surface area contributed by atoms with E-state index in [2.05, 4.69) is 10.3 Å². The number of aliphatic carboxylic acids is 1. The Balaban J connectivity index is 2.34. The lowest BCUT2D eigenvalue weighted by molar-refractivity contribution is -0.144. The molecule has 1 aromatic heterocycles. The van der Waals surface area contributed by atoms with E-state index in [1.54, 1.807) is 45.0 Å². The summed E-state index contributed by atoms with van der Waals surface area (Å²) in [4.78, 5) is 38.3. The Labute approximate surface area is 133 Å². The number of nitrogens with one attached hydrogen (secondary N) is 2. The summed E-state index contributed by atoms with van der Waals surface area (Å²) in [5.74, 6) is -2.24. The van der Waals surface area contributed by atoms with Gasteiger partial charge in [-0.25, -0.2) is 0 Å². The van der Waals surface area contributed by atoms with Crippen LogP contribution in [0, 0.1) is 11.8 Å². The van der Waals surface area contributed by atoms with Gasteiger partial charge in [0, 0.05) is 23.0 Å². The van der Waals surface area contributed by atoms with Gasteiger partial charge in [-0.05, 0) is 18.9 Å². The monoisotopic (exact) mass is 316 g/mol. The molecule has 0 aliphatic rings. The second-order valence-corrected chi connectivity index (χ2v) is 5.96. The van der Waals surface area contributed by atoms with Crippen molar-refractivity contribution in [3.63, 3.8) is 0 Å². The largest absolute Gasteiger partial charge is 0.481 e. The summed E-state index contributed by atoms with van der Waals surface area (Å²) >= 11 is 0. The fourth-order valence-corrected chi connectivity index (χ4v) is 2.84. The molecular formula is C17H20N2O4. The maximum Gasteiger partial charge on any atom is 0.308 e. The average Bonchev–Trinajstić information content (AvgIpc) is 2.45. The highest BCUT2D eigenvalue weighted by molar-refractivity contribution is 6.06. The van der Waals surface area contributed by atoms with Crippen molar-refractivity contribution in [2.75, 3.05) is 0 Å². The molecule has 1 heterocycles. The van der Waals surface area contributed by atoms with Gasteiger partial charge in [0.25, 0.3) is 5.91 Å². The molecule has 0 saturated carbocycles. The summed E-state index contributed by atoms with van der Waals surface area (Å²) in [6.07, 6.45) is 0. The van der Waals surface area contributed by atoms with E-state index >= 15 is 0 Å². The van der Waals surface area contributed by atoms with Crippen LogP contribution in [0.1, 0.15) is 31.1 Å². The zero-order valence-electron chi connectivity index (χ0n) is 13.3. The Morgan fingerprint density at radius 1 is 1.17 bits per heavy atom. The van der Waals surface area contributed by atoms with Crippen LogP contribution in [0.25, 0.3) is 10.9 Å². The molecule has 0 spiro atoms. The first-order chi connectivity index (χ1) is 10.8. The van der Waals surface area contributed by atoms with E-state index in [4.69, 9.17) is 0 Å². The molecule has 1 amide bonds. The Kier molecular flexibility index (Phi) is 4.83. The molecule has 2 aromatic rings. The summed E-state index contributed by atoms with van der Waals surface area (Å²) < 4.78 is 0. The smallest absolute Gasteiger partial charge is 0.308 e. The van der Waals surface area contributed by atoms with Crippen LogP contribution in [0.3, 0.4) is 0 Å². The van der Waals surface area contributed by atoms with E-state index in [-0.39, 0.29) is 17.0 Å². The molecule has 0 aliphatic heterocycles. The third-order valence-electron chi connectivity index (χ3n) is 3.90. The number of hydrogen-bond donors (Lipinski definition) is 3. The molecule has 0 saturated heterocycles. The van der Waals surface area contributed by atoms with Crippen molar-refractivity contribution < 1.29 is 14.7 Å². The summed E-state index contributed by atoms with van der Waals surface area (Å²) in [6, 6.07) is 7.66. The molecule has 0 fully saturated rings. The standard InChI is InChI=1S/C17H20N2O4/c1-9(2)15(17(22)23)10(3)18-16(21)12-8-14(20)19-13-7-5-4-6-11(12)13/h4-10,15H,1-3H3,(H,18,21)(H,19,20)(H,22,23). The van der Waals surface area contributed by atoms with Gasteiger partial charge in [0.2, 0.25) is 5.56 Å². The lowest BCUT2D eigenvalue weighted by atomic mass is 9.89. The van der Waals surface area contributed by atoms with Crippen LogP contribution in [0.4, 0.5) is 0 Å². The third kappa shape index (κ3) is 3.59. The van der Waals surface area contributed by atoms with Gasteiger partial charge in [-0.2, -0.15) is 0 Å². The lowest BCUT2D eigenvalue weighted by Crippen LogP contribution is -2.43. The zero-order chi connectivity index (χ0) is 17.1. The predicted octanol–water partition coefficient (Wildman–Crippen LogP) is 2.00. The number of carbonyl (C=O) groups excluding carboxylic acids is 1. The van der Waals surface area contributed by atoms with Gasteiger partial charge in [0.1, 0.15) is 0 Å². The Bertz CT molecular complexity index is 795. The van der Waals surface area contributed by atoms with Crippen LogP contribution in [-0.4, -0.2) is 28.0 Å². The van der Waals surface area contributed by atoms with Crippen LogP contribution in [0.5, 0.6) is 0 Å². The highest BCUT2D eigenvalue weighted by atomic mass is 16.4. The van der Waals surface area contributed by atoms with Gasteiger partial charge >= 0.3 is 5.97 Å². The number of carboxylic acids is 1. The number of pyridine rings is 1. The van der Waals surface area contributed by atoms with Gasteiger partial charge in [-0.1, -0.05) is 32.0 Å². The summed E-state index contributed by atoms with van der Waals surface area (Å²) in [5, 5.41) is 12.6. The van der Waals surface area contributed by atoms with Crippen LogP contribution >= 0.6 is 0 Å². The van der Waals surface area contributed by atoms with Gasteiger partial charge in [-0.15, -0.1) is 0 Å². The molecule has 0 radical (unpaired) electrons. The topological polar surface area (TPSA) is 99.3 Å². The molecule has 0 aliphatic carbocycles. The number of amides is 1. The quantitative estimate of drug-likeness (QED) is 0.785. The number of H-pyrrole nitrogens is 1. The fourth-order valence-electron chi connectivity index (χ4n) is 2.84. The average molecular weight is 316 g/mol. The van der Waals surface area contributed by atoms with E-state index in [1.807, 2.05) is 0 Å². The predicted molar refractivity (Wildman–Crippen MR) is 87.5 cm³/mol. The van der Waals surface area contributed by atoms with Crippen molar-refractivity contribution in [1.82, 2.24) is 10.3 Å². The van der Waals surface area contributed by atoms with Crippen molar-refractivity contribution in [1.29, 1.82) is 0 Å². The number of rotatable bonds is 5. The third-order valence-corrected chi connectivity index (χ3v) is 3.90. The van der Waals surface area contributed by atoms with Crippen LogP contribution < -0.4 is 10.9 Å². The van der Waals surface area contributed by atoms with E-state index in [9.17, 15) is 19.5 Å². The lowest BCUT2D eigenvalue weighted by Gasteiger charge is -2.24. The first-order valence-electron chi connectivity index (χ1n) is 7.47. The van der Waals surface area contributed by atoms with Crippen molar-refractivity contribution in [2.24, 2.45) is 11.8 Å². The summed E-state index contributed by atoms with van der Waals surface area (Å²) in [7, 11) is 0. The fraction of sp³-hybridized carbons (Fsp3) is 0.353. The Morgan fingerprint density at radius 3 is 2.43 bits per heavy atom. The molecule has 23 heavy (non-hydrogen) atoms. The molecule has 6 nitrogen and oxygen atoms in total. The summed E-state index contributed by atoms with van der Waals surface area (Å²) in [6.45, 7) is 5.25. The number of carboxylic acid groups (broad SMARTS) is 1. The molecule has 3 N–H and O–H groups in total. The maximum absolute atomic E-state index is 12.5. The molecule has 0 bridgehead atoms. The number of carbonyl (C=O) groups is 2. The highest BCUT2D eigenvalue weighted by Gasteiger charge is 2.29. The SMILES string of the molecule is CC(C)C(C(=O)O)C(C)NC(=O)c1cc(=O)[nH]c2ccccc12. The molecule has 2 unspecified atom stereocenters. The first-order valence-corrected chi connectivity index (χ1v) is 7.47. The van der Waals surface area contributed by atoms with Gasteiger partial charge in [0.05, 0.1) is 11.5 Å². The second-order valence-electron chi connectivity index (χ2n) is 5.96. The van der Waals surface area contributed by atoms with E-state index in [0.717, 1.165) is 0 Å². The van der Waals surface area contributed by atoms with Crippen molar-refractivity contribution >= 4 is 22.8 Å².